The number of carbonyl (C=O) groups is 1. The van der Waals surface area contributed by atoms with Gasteiger partial charge in [-0.3, -0.25) is 9.69 Å². The van der Waals surface area contributed by atoms with Crippen LogP contribution in [-0.4, -0.2) is 26.8 Å². The van der Waals surface area contributed by atoms with Crippen molar-refractivity contribution in [1.82, 2.24) is 15.2 Å². The molecule has 1 fully saturated rings. The van der Waals surface area contributed by atoms with Crippen LogP contribution in [0.5, 0.6) is 0 Å². The Morgan fingerprint density at radius 2 is 2.17 bits per heavy atom. The largest absolute Gasteiger partial charge is 0.273 e. The van der Waals surface area contributed by atoms with Crippen LogP contribution in [0.3, 0.4) is 0 Å². The first-order chi connectivity index (χ1) is 8.75. The quantitative estimate of drug-likeness (QED) is 0.895. The summed E-state index contributed by atoms with van der Waals surface area (Å²) in [6, 6.07) is 8.21. The highest BCUT2D eigenvalue weighted by molar-refractivity contribution is 8.00. The topological polar surface area (TPSA) is 61.9 Å². The summed E-state index contributed by atoms with van der Waals surface area (Å²) < 4.78 is 0. The highest BCUT2D eigenvalue weighted by Gasteiger charge is 2.35. The van der Waals surface area contributed by atoms with Crippen molar-refractivity contribution in [2.75, 3.05) is 10.7 Å². The monoisotopic (exact) mass is 260 g/mol. The fourth-order valence-electron chi connectivity index (χ4n) is 1.95. The zero-order chi connectivity index (χ0) is 12.5. The van der Waals surface area contributed by atoms with Gasteiger partial charge in [0.25, 0.3) is 0 Å². The molecule has 2 aromatic rings. The standard InChI is InChI=1S/C12H12N4OS/c1-8-2-4-9(5-3-8)11-16(10(17)6-18-11)12-13-7-14-15-12/h2-5,7,11H,6H2,1H3,(H,13,14,15). The second kappa shape index (κ2) is 4.45. The number of amides is 1. The predicted octanol–water partition coefficient (Wildman–Crippen LogP) is 1.89. The molecule has 1 aliphatic rings. The van der Waals surface area contributed by atoms with Crippen molar-refractivity contribution < 1.29 is 4.79 Å². The molecule has 3 rings (SSSR count). The minimum Gasteiger partial charge on any atom is -0.273 e. The van der Waals surface area contributed by atoms with Gasteiger partial charge in [0.05, 0.1) is 5.75 Å². The predicted molar refractivity (Wildman–Crippen MR) is 70.2 cm³/mol. The summed E-state index contributed by atoms with van der Waals surface area (Å²) in [5, 5.41) is 6.53. The highest BCUT2D eigenvalue weighted by Crippen LogP contribution is 2.40. The Kier molecular flexibility index (Phi) is 2.79. The Bertz CT molecular complexity index is 552. The van der Waals surface area contributed by atoms with E-state index in [4.69, 9.17) is 0 Å². The number of nitrogens with one attached hydrogen (secondary N) is 1. The van der Waals surface area contributed by atoms with Crippen LogP contribution in [0.2, 0.25) is 0 Å². The van der Waals surface area contributed by atoms with Crippen LogP contribution in [0.15, 0.2) is 30.6 Å². The highest BCUT2D eigenvalue weighted by atomic mass is 32.2. The molecule has 1 saturated heterocycles. The Labute approximate surface area is 109 Å². The molecule has 0 spiro atoms. The molecule has 1 unspecified atom stereocenters. The van der Waals surface area contributed by atoms with Crippen molar-refractivity contribution in [2.45, 2.75) is 12.3 Å². The Balaban J connectivity index is 1.96. The molecule has 2 heterocycles. The van der Waals surface area contributed by atoms with Gasteiger partial charge >= 0.3 is 0 Å². The van der Waals surface area contributed by atoms with Gasteiger partial charge in [-0.25, -0.2) is 5.10 Å². The number of H-pyrrole nitrogens is 1. The lowest BCUT2D eigenvalue weighted by atomic mass is 10.1. The molecule has 0 saturated carbocycles. The Hall–Kier alpha value is -1.82. The molecule has 0 bridgehead atoms. The van der Waals surface area contributed by atoms with E-state index in [0.29, 0.717) is 11.7 Å². The summed E-state index contributed by atoms with van der Waals surface area (Å²) in [4.78, 5) is 17.7. The van der Waals surface area contributed by atoms with Crippen molar-refractivity contribution in [3.05, 3.63) is 41.7 Å². The van der Waals surface area contributed by atoms with E-state index in [-0.39, 0.29) is 11.3 Å². The molecule has 1 aromatic heterocycles. The van der Waals surface area contributed by atoms with Gasteiger partial charge in [-0.2, -0.15) is 10.1 Å². The van der Waals surface area contributed by atoms with Gasteiger partial charge in [0.15, 0.2) is 0 Å². The molecule has 1 atom stereocenters. The zero-order valence-electron chi connectivity index (χ0n) is 9.83. The number of thioether (sulfide) groups is 1. The molecule has 1 aromatic carbocycles. The lowest BCUT2D eigenvalue weighted by Gasteiger charge is -2.21. The number of hydrogen-bond acceptors (Lipinski definition) is 4. The van der Waals surface area contributed by atoms with Crippen molar-refractivity contribution >= 4 is 23.6 Å². The van der Waals surface area contributed by atoms with Crippen molar-refractivity contribution in [3.8, 4) is 0 Å². The fourth-order valence-corrected chi connectivity index (χ4v) is 3.10. The summed E-state index contributed by atoms with van der Waals surface area (Å²) in [5.74, 6) is 1.04. The van der Waals surface area contributed by atoms with Crippen LogP contribution in [0, 0.1) is 6.92 Å². The van der Waals surface area contributed by atoms with Crippen molar-refractivity contribution in [2.24, 2.45) is 0 Å². The third kappa shape index (κ3) is 1.88. The van der Waals surface area contributed by atoms with Gasteiger partial charge in [-0.05, 0) is 12.5 Å². The Morgan fingerprint density at radius 1 is 1.39 bits per heavy atom. The molecule has 18 heavy (non-hydrogen) atoms. The smallest absolute Gasteiger partial charge is 0.240 e. The second-order valence-electron chi connectivity index (χ2n) is 4.15. The maximum absolute atomic E-state index is 11.9. The average molecular weight is 260 g/mol. The molecule has 92 valence electrons. The van der Waals surface area contributed by atoms with E-state index in [2.05, 4.69) is 39.4 Å². The van der Waals surface area contributed by atoms with E-state index in [1.165, 1.54) is 11.9 Å². The first-order valence-electron chi connectivity index (χ1n) is 5.61. The summed E-state index contributed by atoms with van der Waals surface area (Å²) >= 11 is 1.60. The molecule has 0 radical (unpaired) electrons. The maximum Gasteiger partial charge on any atom is 0.240 e. The van der Waals surface area contributed by atoms with Crippen LogP contribution >= 0.6 is 11.8 Å². The minimum absolute atomic E-state index is 0.0222. The molecule has 1 aliphatic heterocycles. The van der Waals surface area contributed by atoms with E-state index >= 15 is 0 Å². The normalized spacial score (nSPS) is 19.5. The number of benzene rings is 1. The maximum atomic E-state index is 11.9. The zero-order valence-corrected chi connectivity index (χ0v) is 10.6. The molecule has 6 heteroatoms. The number of nitrogens with zero attached hydrogens (tertiary/aromatic N) is 3. The fraction of sp³-hybridized carbons (Fsp3) is 0.250. The molecule has 5 nitrogen and oxygen atoms in total. The third-order valence-electron chi connectivity index (χ3n) is 2.86. The molecular weight excluding hydrogens is 248 g/mol. The van der Waals surface area contributed by atoms with Crippen molar-refractivity contribution in [3.63, 3.8) is 0 Å². The molecule has 1 amide bonds. The number of aromatic nitrogens is 3. The first-order valence-corrected chi connectivity index (χ1v) is 6.66. The van der Waals surface area contributed by atoms with Gasteiger partial charge in [0, 0.05) is 0 Å². The molecule has 0 aliphatic carbocycles. The first kappa shape index (κ1) is 11.3. The van der Waals surface area contributed by atoms with Crippen LogP contribution in [0.1, 0.15) is 16.5 Å². The number of carbonyl (C=O) groups excluding carboxylic acids is 1. The van der Waals surface area contributed by atoms with Gasteiger partial charge in [0.2, 0.25) is 11.9 Å². The van der Waals surface area contributed by atoms with Gasteiger partial charge < -0.3 is 0 Å². The Morgan fingerprint density at radius 3 is 2.83 bits per heavy atom. The van der Waals surface area contributed by atoms with Crippen LogP contribution in [0.25, 0.3) is 0 Å². The average Bonchev–Trinajstić information content (AvgIpc) is 2.99. The van der Waals surface area contributed by atoms with E-state index in [0.717, 1.165) is 5.56 Å². The summed E-state index contributed by atoms with van der Waals surface area (Å²) in [7, 11) is 0. The summed E-state index contributed by atoms with van der Waals surface area (Å²) in [6.07, 6.45) is 1.41. The van der Waals surface area contributed by atoms with Crippen LogP contribution in [0.4, 0.5) is 5.95 Å². The van der Waals surface area contributed by atoms with E-state index in [1.54, 1.807) is 16.7 Å². The van der Waals surface area contributed by atoms with Gasteiger partial charge in [0.1, 0.15) is 11.7 Å². The molecule has 1 N–H and O–H groups in total. The number of aryl methyl sites for hydroxylation is 1. The lowest BCUT2D eigenvalue weighted by molar-refractivity contribution is -0.115. The van der Waals surface area contributed by atoms with Gasteiger partial charge in [-0.1, -0.05) is 29.8 Å². The number of aromatic amines is 1. The third-order valence-corrected chi connectivity index (χ3v) is 4.07. The van der Waals surface area contributed by atoms with E-state index < -0.39 is 0 Å². The lowest BCUT2D eigenvalue weighted by Crippen LogP contribution is -2.28. The van der Waals surface area contributed by atoms with Crippen LogP contribution in [-0.2, 0) is 4.79 Å². The van der Waals surface area contributed by atoms with E-state index in [9.17, 15) is 4.79 Å². The summed E-state index contributed by atoms with van der Waals surface area (Å²) in [5.41, 5.74) is 2.31. The number of anilines is 1. The van der Waals surface area contributed by atoms with Gasteiger partial charge in [-0.15, -0.1) is 11.8 Å². The summed E-state index contributed by atoms with van der Waals surface area (Å²) in [6.45, 7) is 2.05. The second-order valence-corrected chi connectivity index (χ2v) is 5.22. The van der Waals surface area contributed by atoms with Crippen LogP contribution < -0.4 is 4.90 Å². The SMILES string of the molecule is Cc1ccc(C2SCC(=O)N2c2ncn[nH]2)cc1. The van der Waals surface area contributed by atoms with E-state index in [1.807, 2.05) is 6.92 Å². The van der Waals surface area contributed by atoms with Crippen molar-refractivity contribution in [1.29, 1.82) is 0 Å². The number of hydrogen-bond donors (Lipinski definition) is 1. The molecular formula is C12H12N4OS. The number of rotatable bonds is 2. The minimum atomic E-state index is -0.0222.